The molecule has 5 nitrogen and oxygen atoms in total. The molecular weight excluding hydrogens is 760 g/mol. The summed E-state index contributed by atoms with van der Waals surface area (Å²) < 4.78 is 42.6. The van der Waals surface area contributed by atoms with Gasteiger partial charge in [0.1, 0.15) is 12.4 Å². The first-order valence-corrected chi connectivity index (χ1v) is 23.2. The van der Waals surface area contributed by atoms with E-state index in [9.17, 15) is 8.42 Å². The quantitative estimate of drug-likeness (QED) is 0.0399. The number of rotatable bonds is 25. The van der Waals surface area contributed by atoms with Crippen LogP contribution in [0.3, 0.4) is 0 Å². The predicted molar refractivity (Wildman–Crippen MR) is 220 cm³/mol. The van der Waals surface area contributed by atoms with Gasteiger partial charge in [0.2, 0.25) is 0 Å². The second-order valence-electron chi connectivity index (χ2n) is 13.2. The second-order valence-corrected chi connectivity index (χ2v) is 18.3. The lowest BCUT2D eigenvalue weighted by Crippen LogP contribution is -2.09. The van der Waals surface area contributed by atoms with Gasteiger partial charge in [-0.1, -0.05) is 163 Å². The Bertz CT molecular complexity index is 1330. The van der Waals surface area contributed by atoms with Gasteiger partial charge in [-0.25, -0.2) is 0 Å². The fourth-order valence-electron chi connectivity index (χ4n) is 5.95. The van der Waals surface area contributed by atoms with Crippen LogP contribution in [0.15, 0.2) is 77.7 Å². The van der Waals surface area contributed by atoms with Crippen LogP contribution >= 0.6 is 22.6 Å². The topological polar surface area (TPSA) is 72.8 Å². The van der Waals surface area contributed by atoms with Gasteiger partial charge >= 0.3 is 0 Å². The third kappa shape index (κ3) is 20.7. The zero-order valence-electron chi connectivity index (χ0n) is 30.5. The Labute approximate surface area is 315 Å². The van der Waals surface area contributed by atoms with E-state index in [1.807, 2.05) is 6.92 Å². The number of benzene rings is 3. The molecule has 0 aliphatic carbocycles. The van der Waals surface area contributed by atoms with E-state index in [-0.39, 0.29) is 14.4 Å². The Kier molecular flexibility index (Phi) is 23.9. The number of hydrogen-bond donors (Lipinski definition) is 1. The highest BCUT2D eigenvalue weighted by atomic mass is 127. The fraction of sp³-hybridized carbons (Fsp3) is 0.561. The van der Waals surface area contributed by atoms with E-state index in [1.165, 1.54) is 129 Å². The third-order valence-corrected chi connectivity index (χ3v) is 13.3. The lowest BCUT2D eigenvalue weighted by Gasteiger charge is -2.16. The van der Waals surface area contributed by atoms with Crippen molar-refractivity contribution in [2.45, 2.75) is 134 Å². The Morgan fingerprint density at radius 2 is 1.27 bits per heavy atom. The van der Waals surface area contributed by atoms with Gasteiger partial charge in [-0.3, -0.25) is 4.55 Å². The van der Waals surface area contributed by atoms with Gasteiger partial charge in [0.25, 0.3) is 10.1 Å². The molecule has 0 aliphatic rings. The monoisotopic (exact) mass is 822 g/mol. The molecule has 49 heavy (non-hydrogen) atoms. The molecule has 3 aromatic carbocycles. The summed E-state index contributed by atoms with van der Waals surface area (Å²) >= 11 is 2.39. The van der Waals surface area contributed by atoms with Gasteiger partial charge < -0.3 is 9.47 Å². The van der Waals surface area contributed by atoms with Crippen LogP contribution in [-0.4, -0.2) is 42.3 Å². The molecule has 0 aliphatic heterocycles. The van der Waals surface area contributed by atoms with E-state index in [4.69, 9.17) is 14.0 Å². The summed E-state index contributed by atoms with van der Waals surface area (Å²) in [5.74, 6) is 0.919. The van der Waals surface area contributed by atoms with E-state index in [2.05, 4.69) is 85.0 Å². The first kappa shape index (κ1) is 43.4. The summed E-state index contributed by atoms with van der Waals surface area (Å²) in [5, 5.41) is 0. The molecule has 0 bridgehead atoms. The van der Waals surface area contributed by atoms with Crippen LogP contribution in [0.2, 0.25) is 11.6 Å². The molecule has 0 atom stereocenters. The van der Waals surface area contributed by atoms with E-state index >= 15 is 0 Å². The van der Waals surface area contributed by atoms with Crippen LogP contribution in [-0.2, 0) is 14.9 Å². The van der Waals surface area contributed by atoms with E-state index in [0.29, 0.717) is 13.2 Å². The smallest absolute Gasteiger partial charge is 0.294 e. The Balaban J connectivity index is 0.000000639. The minimum atomic E-state index is -4.02. The maximum Gasteiger partial charge on any atom is 0.294 e. The van der Waals surface area contributed by atoms with Gasteiger partial charge in [-0.05, 0) is 77.4 Å². The number of hydrogen-bond acceptors (Lipinski definition) is 4. The fourth-order valence-corrected chi connectivity index (χ4v) is 9.36. The predicted octanol–water partition coefficient (Wildman–Crippen LogP) is 11.9. The second kappa shape index (κ2) is 27.0. The summed E-state index contributed by atoms with van der Waals surface area (Å²) in [7, 11) is -4.00. The van der Waals surface area contributed by atoms with E-state index in [1.54, 1.807) is 12.1 Å². The van der Waals surface area contributed by atoms with Gasteiger partial charge in [-0.15, -0.1) is 0 Å². The maximum atomic E-state index is 10.5. The van der Waals surface area contributed by atoms with Crippen molar-refractivity contribution in [1.29, 1.82) is 0 Å². The molecule has 3 aromatic rings. The number of halogens is 1. The first-order valence-electron chi connectivity index (χ1n) is 18.8. The Morgan fingerprint density at radius 3 is 1.84 bits per heavy atom. The highest BCUT2D eigenvalue weighted by molar-refractivity contribution is 14.1. The zero-order valence-corrected chi connectivity index (χ0v) is 34.9. The number of aryl methyl sites for hydroxylation is 1. The zero-order chi connectivity index (χ0) is 35.6. The largest absolute Gasteiger partial charge is 0.491 e. The third-order valence-electron chi connectivity index (χ3n) is 8.94. The Hall–Kier alpha value is -1.72. The molecule has 0 fully saturated rings. The maximum absolute atomic E-state index is 10.5. The highest BCUT2D eigenvalue weighted by Crippen LogP contribution is 2.27. The normalized spacial score (nSPS) is 11.6. The van der Waals surface area contributed by atoms with Crippen molar-refractivity contribution >= 4 is 42.2 Å². The van der Waals surface area contributed by atoms with Crippen LogP contribution in [0, 0.1) is 10.5 Å². The molecule has 0 saturated carbocycles. The lowest BCUT2D eigenvalue weighted by atomic mass is 10.0. The van der Waals surface area contributed by atoms with Gasteiger partial charge in [0, 0.05) is 19.7 Å². The van der Waals surface area contributed by atoms with Crippen molar-refractivity contribution in [3.63, 3.8) is 0 Å². The minimum Gasteiger partial charge on any atom is -0.491 e. The average molecular weight is 823 g/mol. The van der Waals surface area contributed by atoms with Crippen LogP contribution in [0.1, 0.15) is 116 Å². The molecule has 0 heterocycles. The molecule has 8 heteroatoms. The molecule has 0 saturated heterocycles. The van der Waals surface area contributed by atoms with Crippen LogP contribution in [0.5, 0.6) is 5.75 Å². The van der Waals surface area contributed by atoms with Gasteiger partial charge in [0.05, 0.1) is 11.5 Å². The minimum absolute atomic E-state index is 0.0153. The summed E-state index contributed by atoms with van der Waals surface area (Å²) in [6.45, 7) is 8.65. The summed E-state index contributed by atoms with van der Waals surface area (Å²) in [4.78, 5) is -0.0666. The van der Waals surface area contributed by atoms with Crippen molar-refractivity contribution in [2.75, 3.05) is 19.8 Å². The molecule has 274 valence electrons. The molecule has 0 radical (unpaired) electrons. The van der Waals surface area contributed by atoms with E-state index < -0.39 is 10.1 Å². The Morgan fingerprint density at radius 1 is 0.694 bits per heavy atom. The van der Waals surface area contributed by atoms with Crippen molar-refractivity contribution in [2.24, 2.45) is 0 Å². The van der Waals surface area contributed by atoms with Crippen molar-refractivity contribution in [3.8, 4) is 16.9 Å². The van der Waals surface area contributed by atoms with Crippen molar-refractivity contribution in [1.82, 2.24) is 0 Å². The lowest BCUT2D eigenvalue weighted by molar-refractivity contribution is 0.101. The van der Waals surface area contributed by atoms with E-state index in [0.717, 1.165) is 23.5 Å². The summed E-state index contributed by atoms with van der Waals surface area (Å²) in [6.07, 6.45) is 21.4. The summed E-state index contributed by atoms with van der Waals surface area (Å²) in [6, 6.07) is 24.3. The number of ether oxygens (including phenoxy) is 2. The van der Waals surface area contributed by atoms with Crippen LogP contribution in [0.25, 0.3) is 11.1 Å². The molecule has 0 spiro atoms. The molecule has 3 rings (SSSR count). The van der Waals surface area contributed by atoms with Crippen LogP contribution in [0.4, 0.5) is 0 Å². The standard InChI is InChI=1S/C34H55IO2Si.C7H8O3S/c1-3-5-7-9-11-13-18-32(19-14-12-10-8-6-4-2)38-29-17-26-36-27-28-37-31-24-22-30(23-25-31)33-20-15-16-21-34(33)35;1-6-2-4-7(5-3-6)11(8,9)10/h15-16,20-25,32H,3-14,17-19,26-29,38H2,1-2H3;2-5H,1H3,(H,8,9,10). The van der Waals surface area contributed by atoms with Gasteiger partial charge in [-0.2, -0.15) is 8.42 Å². The van der Waals surface area contributed by atoms with Crippen molar-refractivity contribution < 1.29 is 22.4 Å². The molecule has 1 N–H and O–H groups in total. The SMILES string of the molecule is CCCCCCCCC(CCCCCCCC)[SiH2]CCCOCCOc1ccc(-c2ccccc2I)cc1.Cc1ccc(S(=O)(=O)O)cc1. The van der Waals surface area contributed by atoms with Crippen molar-refractivity contribution in [3.05, 3.63) is 81.9 Å². The highest BCUT2D eigenvalue weighted by Gasteiger charge is 2.10. The molecular formula is C41H63IO5SSi. The van der Waals surface area contributed by atoms with Crippen LogP contribution < -0.4 is 4.74 Å². The number of unbranched alkanes of at least 4 members (excludes halogenated alkanes) is 10. The first-order chi connectivity index (χ1) is 23.7. The molecule has 0 unspecified atom stereocenters. The molecule has 0 amide bonds. The average Bonchev–Trinajstić information content (AvgIpc) is 3.09. The summed E-state index contributed by atoms with van der Waals surface area (Å²) in [5.41, 5.74) is 4.52. The van der Waals surface area contributed by atoms with Gasteiger partial charge in [0.15, 0.2) is 0 Å². The molecule has 0 aromatic heterocycles.